The fourth-order valence-electron chi connectivity index (χ4n) is 3.12. The molecule has 2 heterocycles. The molecule has 2 aliphatic heterocycles. The van der Waals surface area contributed by atoms with Gasteiger partial charge in [0.1, 0.15) is 0 Å². The Labute approximate surface area is 128 Å². The second-order valence-electron chi connectivity index (χ2n) is 7.25. The van der Waals surface area contributed by atoms with E-state index in [2.05, 4.69) is 0 Å². The van der Waals surface area contributed by atoms with E-state index in [1.807, 2.05) is 20.8 Å². The van der Waals surface area contributed by atoms with Crippen LogP contribution >= 0.6 is 0 Å². The summed E-state index contributed by atoms with van der Waals surface area (Å²) in [4.78, 5) is 0. The third-order valence-corrected chi connectivity index (χ3v) is 8.26. The lowest BCUT2D eigenvalue weighted by Crippen LogP contribution is -2.51. The van der Waals surface area contributed by atoms with Crippen molar-refractivity contribution < 1.29 is 16.8 Å². The fraction of sp³-hybridized carbons (Fsp3) is 1.00. The fourth-order valence-corrected chi connectivity index (χ4v) is 6.96. The van der Waals surface area contributed by atoms with E-state index in [1.54, 1.807) is 0 Å². The molecule has 2 rings (SSSR count). The van der Waals surface area contributed by atoms with Gasteiger partial charge in [-0.25, -0.2) is 21.1 Å². The summed E-state index contributed by atoms with van der Waals surface area (Å²) in [7, 11) is -6.51. The van der Waals surface area contributed by atoms with Gasteiger partial charge in [0.2, 0.25) is 20.0 Å². The lowest BCUT2D eigenvalue weighted by Gasteiger charge is -2.37. The average molecular weight is 338 g/mol. The molecule has 6 nitrogen and oxygen atoms in total. The van der Waals surface area contributed by atoms with E-state index in [-0.39, 0.29) is 23.0 Å². The van der Waals surface area contributed by atoms with Gasteiger partial charge in [-0.1, -0.05) is 20.8 Å². The summed E-state index contributed by atoms with van der Waals surface area (Å²) in [6.07, 6.45) is 2.12. The zero-order valence-electron chi connectivity index (χ0n) is 13.1. The van der Waals surface area contributed by atoms with Crippen LogP contribution in [0.4, 0.5) is 0 Å². The van der Waals surface area contributed by atoms with Crippen molar-refractivity contribution in [1.29, 1.82) is 0 Å². The summed E-state index contributed by atoms with van der Waals surface area (Å²) in [5.41, 5.74) is -0.300. The minimum Gasteiger partial charge on any atom is -0.212 e. The molecule has 2 saturated heterocycles. The molecule has 0 amide bonds. The van der Waals surface area contributed by atoms with Crippen molar-refractivity contribution in [3.05, 3.63) is 0 Å². The highest BCUT2D eigenvalue weighted by Gasteiger charge is 2.39. The second kappa shape index (κ2) is 5.79. The van der Waals surface area contributed by atoms with E-state index in [9.17, 15) is 16.8 Å². The van der Waals surface area contributed by atoms with Crippen LogP contribution in [0, 0.1) is 5.41 Å². The second-order valence-corrected chi connectivity index (χ2v) is 11.3. The quantitative estimate of drug-likeness (QED) is 0.765. The summed E-state index contributed by atoms with van der Waals surface area (Å²) >= 11 is 0. The summed E-state index contributed by atoms with van der Waals surface area (Å²) < 4.78 is 52.0. The van der Waals surface area contributed by atoms with Crippen LogP contribution in [-0.2, 0) is 20.0 Å². The number of sulfonamides is 2. The molecule has 2 aliphatic rings. The zero-order valence-corrected chi connectivity index (χ0v) is 14.7. The summed E-state index contributed by atoms with van der Waals surface area (Å²) in [6.45, 7) is 7.03. The highest BCUT2D eigenvalue weighted by molar-refractivity contribution is 7.89. The highest BCUT2D eigenvalue weighted by atomic mass is 32.2. The molecular weight excluding hydrogens is 312 g/mol. The largest absolute Gasteiger partial charge is 0.214 e. The Balaban J connectivity index is 2.11. The Morgan fingerprint density at radius 1 is 1.14 bits per heavy atom. The Kier molecular flexibility index (Phi) is 4.74. The van der Waals surface area contributed by atoms with E-state index < -0.39 is 20.0 Å². The maximum Gasteiger partial charge on any atom is 0.214 e. The molecule has 0 aromatic carbocycles. The van der Waals surface area contributed by atoms with Crippen molar-refractivity contribution in [2.45, 2.75) is 46.1 Å². The Bertz CT molecular complexity index is 578. The van der Waals surface area contributed by atoms with Crippen molar-refractivity contribution in [3.63, 3.8) is 0 Å². The van der Waals surface area contributed by atoms with E-state index in [0.29, 0.717) is 26.1 Å². The first-order valence-electron chi connectivity index (χ1n) is 7.49. The van der Waals surface area contributed by atoms with Crippen LogP contribution < -0.4 is 0 Å². The standard InChI is InChI=1S/C13H26N2O4S2/c1-13(2,3)11-21(18,19)14-7-4-6-12(10-14)15-8-5-9-20(15,16)17/h12H,4-11H2,1-3H3/t12-/m1/s1. The van der Waals surface area contributed by atoms with Crippen LogP contribution in [0.5, 0.6) is 0 Å². The van der Waals surface area contributed by atoms with E-state index in [1.165, 1.54) is 8.61 Å². The highest BCUT2D eigenvalue weighted by Crippen LogP contribution is 2.27. The maximum absolute atomic E-state index is 12.5. The molecule has 0 radical (unpaired) electrons. The number of hydrogen-bond donors (Lipinski definition) is 0. The van der Waals surface area contributed by atoms with E-state index >= 15 is 0 Å². The summed E-state index contributed by atoms with van der Waals surface area (Å²) in [5.74, 6) is 0.289. The van der Waals surface area contributed by atoms with Gasteiger partial charge in [-0.3, -0.25) is 0 Å². The molecule has 124 valence electrons. The van der Waals surface area contributed by atoms with Gasteiger partial charge in [0.25, 0.3) is 0 Å². The van der Waals surface area contributed by atoms with Crippen molar-refractivity contribution >= 4 is 20.0 Å². The first-order chi connectivity index (χ1) is 9.51. The molecule has 21 heavy (non-hydrogen) atoms. The molecule has 1 atom stereocenters. The predicted molar refractivity (Wildman–Crippen MR) is 82.9 cm³/mol. The third kappa shape index (κ3) is 4.18. The normalized spacial score (nSPS) is 28.8. The summed E-state index contributed by atoms with van der Waals surface area (Å²) in [5, 5.41) is 0. The van der Waals surface area contributed by atoms with Crippen LogP contribution in [0.15, 0.2) is 0 Å². The Hall–Kier alpha value is -0.180. The molecule has 0 spiro atoms. The third-order valence-electron chi connectivity index (χ3n) is 3.91. The number of rotatable bonds is 3. The molecule has 0 aromatic rings. The van der Waals surface area contributed by atoms with Crippen LogP contribution in [0.3, 0.4) is 0 Å². The van der Waals surface area contributed by atoms with Gasteiger partial charge in [-0.2, -0.15) is 4.31 Å². The van der Waals surface area contributed by atoms with Gasteiger partial charge in [0.15, 0.2) is 0 Å². The molecule has 2 fully saturated rings. The minimum atomic E-state index is -3.33. The van der Waals surface area contributed by atoms with Crippen LogP contribution in [0.1, 0.15) is 40.0 Å². The molecular formula is C13H26N2O4S2. The molecule has 0 N–H and O–H groups in total. The van der Waals surface area contributed by atoms with Gasteiger partial charge in [-0.15, -0.1) is 0 Å². The summed E-state index contributed by atoms with van der Waals surface area (Å²) in [6, 6.07) is -0.194. The topological polar surface area (TPSA) is 74.8 Å². The van der Waals surface area contributed by atoms with Gasteiger partial charge >= 0.3 is 0 Å². The molecule has 0 saturated carbocycles. The molecule has 8 heteroatoms. The monoisotopic (exact) mass is 338 g/mol. The van der Waals surface area contributed by atoms with Gasteiger partial charge < -0.3 is 0 Å². The SMILES string of the molecule is CC(C)(C)CS(=O)(=O)N1CCC[C@@H](N2CCCS2(=O)=O)C1. The molecule has 0 unspecified atom stereocenters. The van der Waals surface area contributed by atoms with E-state index in [0.717, 1.165) is 12.8 Å². The van der Waals surface area contributed by atoms with Crippen LogP contribution in [0.25, 0.3) is 0 Å². The van der Waals surface area contributed by atoms with Crippen molar-refractivity contribution in [3.8, 4) is 0 Å². The van der Waals surface area contributed by atoms with Crippen molar-refractivity contribution in [2.75, 3.05) is 31.1 Å². The van der Waals surface area contributed by atoms with Gasteiger partial charge in [0, 0.05) is 25.7 Å². The molecule has 0 bridgehead atoms. The predicted octanol–water partition coefficient (Wildman–Crippen LogP) is 0.862. The number of hydrogen-bond acceptors (Lipinski definition) is 4. The van der Waals surface area contributed by atoms with E-state index in [4.69, 9.17) is 0 Å². The van der Waals surface area contributed by atoms with Crippen molar-refractivity contribution in [2.24, 2.45) is 5.41 Å². The van der Waals surface area contributed by atoms with Crippen LogP contribution in [-0.4, -0.2) is 62.6 Å². The average Bonchev–Trinajstić information content (AvgIpc) is 2.66. The maximum atomic E-state index is 12.5. The molecule has 0 aliphatic carbocycles. The number of nitrogens with zero attached hydrogens (tertiary/aromatic N) is 2. The van der Waals surface area contributed by atoms with Crippen molar-refractivity contribution in [1.82, 2.24) is 8.61 Å². The smallest absolute Gasteiger partial charge is 0.212 e. The van der Waals surface area contributed by atoms with Gasteiger partial charge in [0.05, 0.1) is 11.5 Å². The Morgan fingerprint density at radius 3 is 2.33 bits per heavy atom. The Morgan fingerprint density at radius 2 is 1.81 bits per heavy atom. The zero-order chi connectivity index (χ0) is 15.9. The van der Waals surface area contributed by atoms with Crippen LogP contribution in [0.2, 0.25) is 0 Å². The number of piperidine rings is 1. The first-order valence-corrected chi connectivity index (χ1v) is 10.7. The first kappa shape index (κ1) is 17.2. The lowest BCUT2D eigenvalue weighted by atomic mass is 10.0. The minimum absolute atomic E-state index is 0.0967. The lowest BCUT2D eigenvalue weighted by molar-refractivity contribution is 0.217. The molecule has 0 aromatic heterocycles. The van der Waals surface area contributed by atoms with Gasteiger partial charge in [-0.05, 0) is 24.7 Å².